The van der Waals surface area contributed by atoms with Gasteiger partial charge in [0.2, 0.25) is 0 Å². The first-order valence-electron chi connectivity index (χ1n) is 9.25. The van der Waals surface area contributed by atoms with Crippen LogP contribution in [0.15, 0.2) is 39.7 Å². The molecule has 1 unspecified atom stereocenters. The van der Waals surface area contributed by atoms with Gasteiger partial charge in [-0.2, -0.15) is 0 Å². The number of hydrogen-bond acceptors (Lipinski definition) is 7. The standard InChI is InChI=1S/C20H18BrF3O7S/c1-29-15-5-4-12(21)8-17(15)32(27,28)10-11-7-13(31-20(22,23)24)9-14(18(11)25)19(26)16-3-2-6-30-16/h4-5,7-9,16,25H,2-3,6,10H2,1H3. The minimum absolute atomic E-state index is 0.00559. The molecule has 0 amide bonds. The highest BCUT2D eigenvalue weighted by Crippen LogP contribution is 2.37. The second kappa shape index (κ2) is 9.28. The number of phenolic OH excluding ortho intramolecular Hbond substituents is 1. The summed E-state index contributed by atoms with van der Waals surface area (Å²) in [5.41, 5.74) is -0.944. The maximum absolute atomic E-state index is 13.0. The summed E-state index contributed by atoms with van der Waals surface area (Å²) in [7, 11) is -2.96. The molecule has 0 saturated carbocycles. The summed E-state index contributed by atoms with van der Waals surface area (Å²) in [4.78, 5) is 12.5. The Balaban J connectivity index is 2.08. The molecule has 2 aromatic carbocycles. The van der Waals surface area contributed by atoms with E-state index < -0.39 is 56.5 Å². The number of ketones is 1. The first-order valence-corrected chi connectivity index (χ1v) is 11.7. The summed E-state index contributed by atoms with van der Waals surface area (Å²) in [6.07, 6.45) is -5.15. The lowest BCUT2D eigenvalue weighted by Gasteiger charge is -2.17. The average Bonchev–Trinajstić information content (AvgIpc) is 3.23. The first-order chi connectivity index (χ1) is 14.9. The first kappa shape index (κ1) is 24.3. The van der Waals surface area contributed by atoms with Crippen LogP contribution >= 0.6 is 15.9 Å². The number of sulfone groups is 1. The van der Waals surface area contributed by atoms with E-state index in [1.807, 2.05) is 0 Å². The molecule has 0 aliphatic carbocycles. The van der Waals surface area contributed by atoms with Crippen LogP contribution in [0.25, 0.3) is 0 Å². The van der Waals surface area contributed by atoms with Crippen molar-refractivity contribution < 1.29 is 45.7 Å². The van der Waals surface area contributed by atoms with Gasteiger partial charge in [0.15, 0.2) is 15.6 Å². The van der Waals surface area contributed by atoms with Gasteiger partial charge in [-0.05, 0) is 43.2 Å². The molecule has 0 bridgehead atoms. The lowest BCUT2D eigenvalue weighted by molar-refractivity contribution is -0.274. The second-order valence-electron chi connectivity index (χ2n) is 6.95. The van der Waals surface area contributed by atoms with Gasteiger partial charge in [-0.15, -0.1) is 13.2 Å². The van der Waals surface area contributed by atoms with E-state index in [0.29, 0.717) is 23.9 Å². The largest absolute Gasteiger partial charge is 0.573 e. The minimum atomic E-state index is -5.09. The van der Waals surface area contributed by atoms with Crippen molar-refractivity contribution in [3.8, 4) is 17.2 Å². The van der Waals surface area contributed by atoms with Gasteiger partial charge in [0.25, 0.3) is 0 Å². The monoisotopic (exact) mass is 538 g/mol. The Labute approximate surface area is 190 Å². The van der Waals surface area contributed by atoms with E-state index in [1.165, 1.54) is 19.2 Å². The number of methoxy groups -OCH3 is 1. The van der Waals surface area contributed by atoms with Gasteiger partial charge in [0.1, 0.15) is 28.2 Å². The van der Waals surface area contributed by atoms with Crippen LogP contribution in [0.4, 0.5) is 13.2 Å². The number of carbonyl (C=O) groups is 1. The third-order valence-electron chi connectivity index (χ3n) is 4.69. The van der Waals surface area contributed by atoms with E-state index in [1.54, 1.807) is 6.07 Å². The Morgan fingerprint density at radius 1 is 1.28 bits per heavy atom. The molecule has 0 spiro atoms. The van der Waals surface area contributed by atoms with Gasteiger partial charge in [0.05, 0.1) is 18.4 Å². The summed E-state index contributed by atoms with van der Waals surface area (Å²) in [5, 5.41) is 10.6. The zero-order valence-corrected chi connectivity index (χ0v) is 19.0. The highest BCUT2D eigenvalue weighted by molar-refractivity contribution is 9.10. The highest BCUT2D eigenvalue weighted by Gasteiger charge is 2.34. The highest BCUT2D eigenvalue weighted by atomic mass is 79.9. The van der Waals surface area contributed by atoms with Gasteiger partial charge in [-0.3, -0.25) is 4.79 Å². The molecule has 1 N–H and O–H groups in total. The maximum atomic E-state index is 13.0. The Kier molecular flexibility index (Phi) is 7.06. The van der Waals surface area contributed by atoms with Crippen LogP contribution in [0.2, 0.25) is 0 Å². The molecule has 1 heterocycles. The van der Waals surface area contributed by atoms with Gasteiger partial charge in [-0.1, -0.05) is 15.9 Å². The summed E-state index contributed by atoms with van der Waals surface area (Å²) < 4.78 is 79.2. The molecule has 1 aliphatic heterocycles. The summed E-state index contributed by atoms with van der Waals surface area (Å²) >= 11 is 3.16. The third-order valence-corrected chi connectivity index (χ3v) is 6.86. The molecule has 1 atom stereocenters. The smallest absolute Gasteiger partial charge is 0.507 e. The number of halogens is 4. The maximum Gasteiger partial charge on any atom is 0.573 e. The van der Waals surface area contributed by atoms with Crippen molar-refractivity contribution in [1.82, 2.24) is 0 Å². The number of aromatic hydroxyl groups is 1. The quantitative estimate of drug-likeness (QED) is 0.521. The molecule has 7 nitrogen and oxygen atoms in total. The molecule has 1 saturated heterocycles. The molecule has 0 aromatic heterocycles. The predicted molar refractivity (Wildman–Crippen MR) is 110 cm³/mol. The molecule has 12 heteroatoms. The number of hydrogen-bond donors (Lipinski definition) is 1. The Bertz CT molecular complexity index is 1130. The zero-order chi connectivity index (χ0) is 23.7. The number of carbonyl (C=O) groups excluding carboxylic acids is 1. The van der Waals surface area contributed by atoms with Crippen molar-refractivity contribution >= 4 is 31.6 Å². The van der Waals surface area contributed by atoms with Gasteiger partial charge in [-0.25, -0.2) is 8.42 Å². The van der Waals surface area contributed by atoms with E-state index in [0.717, 1.165) is 12.1 Å². The van der Waals surface area contributed by atoms with Gasteiger partial charge >= 0.3 is 6.36 Å². The summed E-state index contributed by atoms with van der Waals surface area (Å²) in [6, 6.07) is 5.66. The molecule has 1 fully saturated rings. The molecule has 0 radical (unpaired) electrons. The lowest BCUT2D eigenvalue weighted by Crippen LogP contribution is -2.21. The fourth-order valence-corrected chi connectivity index (χ4v) is 5.35. The normalized spacial score (nSPS) is 16.7. The Morgan fingerprint density at radius 3 is 2.59 bits per heavy atom. The molecule has 3 rings (SSSR count). The van der Waals surface area contributed by atoms with Crippen LogP contribution in [-0.4, -0.2) is 45.5 Å². The summed E-state index contributed by atoms with van der Waals surface area (Å²) in [5.74, 6) is -3.25. The van der Waals surface area contributed by atoms with Crippen LogP contribution in [0.1, 0.15) is 28.8 Å². The van der Waals surface area contributed by atoms with Gasteiger partial charge < -0.3 is 19.3 Å². The minimum Gasteiger partial charge on any atom is -0.507 e. The third kappa shape index (κ3) is 5.54. The molecule has 174 valence electrons. The summed E-state index contributed by atoms with van der Waals surface area (Å²) in [6.45, 7) is 0.291. The van der Waals surface area contributed by atoms with Crippen LogP contribution in [-0.2, 0) is 20.3 Å². The topological polar surface area (TPSA) is 99.1 Å². The van der Waals surface area contributed by atoms with Crippen molar-refractivity contribution in [3.05, 3.63) is 45.9 Å². The van der Waals surface area contributed by atoms with Crippen molar-refractivity contribution in [2.75, 3.05) is 13.7 Å². The van der Waals surface area contributed by atoms with E-state index >= 15 is 0 Å². The Morgan fingerprint density at radius 2 is 2.00 bits per heavy atom. The lowest BCUT2D eigenvalue weighted by atomic mass is 10.0. The number of benzene rings is 2. The van der Waals surface area contributed by atoms with Crippen LogP contribution in [0.5, 0.6) is 17.2 Å². The van der Waals surface area contributed by atoms with Crippen molar-refractivity contribution in [2.45, 2.75) is 36.0 Å². The number of phenols is 1. The van der Waals surface area contributed by atoms with Crippen LogP contribution in [0, 0.1) is 0 Å². The second-order valence-corrected chi connectivity index (χ2v) is 9.82. The van der Waals surface area contributed by atoms with E-state index in [4.69, 9.17) is 9.47 Å². The number of alkyl halides is 3. The van der Waals surface area contributed by atoms with Crippen LogP contribution in [0.3, 0.4) is 0 Å². The predicted octanol–water partition coefficient (Wildman–Crippen LogP) is 4.40. The van der Waals surface area contributed by atoms with E-state index in [-0.39, 0.29) is 10.6 Å². The zero-order valence-electron chi connectivity index (χ0n) is 16.6. The molecular weight excluding hydrogens is 521 g/mol. The van der Waals surface area contributed by atoms with Crippen molar-refractivity contribution in [1.29, 1.82) is 0 Å². The molecular formula is C20H18BrF3O7S. The molecule has 2 aromatic rings. The van der Waals surface area contributed by atoms with Crippen molar-refractivity contribution in [3.63, 3.8) is 0 Å². The number of rotatable bonds is 7. The molecule has 1 aliphatic rings. The van der Waals surface area contributed by atoms with Gasteiger partial charge in [0, 0.05) is 16.6 Å². The fourth-order valence-electron chi connectivity index (χ4n) is 3.29. The van der Waals surface area contributed by atoms with E-state index in [2.05, 4.69) is 20.7 Å². The Hall–Kier alpha value is -2.31. The number of Topliss-reactive ketones (excluding diaryl/α,β-unsaturated/α-hetero) is 1. The fraction of sp³-hybridized carbons (Fsp3) is 0.350. The SMILES string of the molecule is COc1ccc(Br)cc1S(=O)(=O)Cc1cc(OC(F)(F)F)cc(C(=O)C2CCCO2)c1O. The van der Waals surface area contributed by atoms with Crippen molar-refractivity contribution in [2.24, 2.45) is 0 Å². The average molecular weight is 539 g/mol. The molecule has 32 heavy (non-hydrogen) atoms. The van der Waals surface area contributed by atoms with Crippen LogP contribution < -0.4 is 9.47 Å². The van der Waals surface area contributed by atoms with E-state index in [9.17, 15) is 31.5 Å². The number of ether oxygens (including phenoxy) is 3.